The average molecular weight is 402 g/mol. The van der Waals surface area contributed by atoms with Gasteiger partial charge in [-0.05, 0) is 40.9 Å². The normalized spacial score (nSPS) is 16.5. The highest BCUT2D eigenvalue weighted by Crippen LogP contribution is 2.35. The first-order chi connectivity index (χ1) is 11.5. The minimum atomic E-state index is -0.633. The molecule has 0 bridgehead atoms. The van der Waals surface area contributed by atoms with E-state index in [-0.39, 0.29) is 24.2 Å². The predicted octanol–water partition coefficient (Wildman–Crippen LogP) is 1.92. The number of ether oxygens (including phenoxy) is 4. The van der Waals surface area contributed by atoms with Crippen LogP contribution in [-0.4, -0.2) is 52.0 Å². The topological polar surface area (TPSA) is 83.1 Å². The second kappa shape index (κ2) is 8.89. The molecule has 1 aromatic carbocycles. The summed E-state index contributed by atoms with van der Waals surface area (Å²) in [6, 6.07) is 3.03. The SMILES string of the molecule is COc1cc(C(=O)OCC(=O)NC[C@H]2CCCO2)cc(OC)c1Br. The quantitative estimate of drug-likeness (QED) is 0.702. The lowest BCUT2D eigenvalue weighted by atomic mass is 10.2. The van der Waals surface area contributed by atoms with Crippen LogP contribution in [0.3, 0.4) is 0 Å². The van der Waals surface area contributed by atoms with E-state index in [9.17, 15) is 9.59 Å². The van der Waals surface area contributed by atoms with E-state index in [1.54, 1.807) is 0 Å². The molecule has 0 spiro atoms. The van der Waals surface area contributed by atoms with Gasteiger partial charge in [-0.15, -0.1) is 0 Å². The van der Waals surface area contributed by atoms with Gasteiger partial charge in [0.1, 0.15) is 16.0 Å². The van der Waals surface area contributed by atoms with E-state index < -0.39 is 5.97 Å². The second-order valence-corrected chi connectivity index (χ2v) is 6.00. The molecular weight excluding hydrogens is 382 g/mol. The summed E-state index contributed by atoms with van der Waals surface area (Å²) in [5, 5.41) is 2.69. The van der Waals surface area contributed by atoms with E-state index in [1.165, 1.54) is 26.4 Å². The largest absolute Gasteiger partial charge is 0.495 e. The van der Waals surface area contributed by atoms with Crippen LogP contribution in [-0.2, 0) is 14.3 Å². The molecule has 1 atom stereocenters. The molecular formula is C16H20BrNO6. The first kappa shape index (κ1) is 18.5. The van der Waals surface area contributed by atoms with Crippen molar-refractivity contribution >= 4 is 27.8 Å². The van der Waals surface area contributed by atoms with Gasteiger partial charge >= 0.3 is 5.97 Å². The molecule has 1 fully saturated rings. The van der Waals surface area contributed by atoms with Gasteiger partial charge in [0.05, 0.1) is 25.9 Å². The Morgan fingerprint density at radius 1 is 1.29 bits per heavy atom. The van der Waals surface area contributed by atoms with Crippen molar-refractivity contribution in [2.75, 3.05) is 34.0 Å². The summed E-state index contributed by atoms with van der Waals surface area (Å²) in [5.41, 5.74) is 0.235. The monoisotopic (exact) mass is 401 g/mol. The molecule has 1 heterocycles. The summed E-state index contributed by atoms with van der Waals surface area (Å²) in [4.78, 5) is 23.8. The molecule has 1 amide bonds. The Morgan fingerprint density at radius 3 is 2.50 bits per heavy atom. The zero-order valence-electron chi connectivity index (χ0n) is 13.6. The zero-order chi connectivity index (χ0) is 17.5. The van der Waals surface area contributed by atoms with E-state index in [0.29, 0.717) is 22.5 Å². The Hall–Kier alpha value is -1.80. The molecule has 1 aliphatic heterocycles. The average Bonchev–Trinajstić information content (AvgIpc) is 3.11. The van der Waals surface area contributed by atoms with Crippen LogP contribution in [0.5, 0.6) is 11.5 Å². The number of nitrogens with one attached hydrogen (secondary N) is 1. The fourth-order valence-electron chi connectivity index (χ4n) is 2.29. The van der Waals surface area contributed by atoms with Gasteiger partial charge in [-0.1, -0.05) is 0 Å². The first-order valence-corrected chi connectivity index (χ1v) is 8.31. The smallest absolute Gasteiger partial charge is 0.338 e. The van der Waals surface area contributed by atoms with Gasteiger partial charge in [-0.25, -0.2) is 4.79 Å². The maximum Gasteiger partial charge on any atom is 0.338 e. The molecule has 0 unspecified atom stereocenters. The standard InChI is InChI=1S/C16H20BrNO6/c1-21-12-6-10(7-13(22-2)15(12)17)16(20)24-9-14(19)18-8-11-4-3-5-23-11/h6-7,11H,3-5,8-9H2,1-2H3,(H,18,19)/t11-/m1/s1. The molecule has 1 N–H and O–H groups in total. The lowest BCUT2D eigenvalue weighted by Crippen LogP contribution is -2.34. The van der Waals surface area contributed by atoms with E-state index in [4.69, 9.17) is 18.9 Å². The molecule has 7 nitrogen and oxygen atoms in total. The van der Waals surface area contributed by atoms with Crippen LogP contribution in [0.1, 0.15) is 23.2 Å². The Kier molecular flexibility index (Phi) is 6.86. The lowest BCUT2D eigenvalue weighted by Gasteiger charge is -2.12. The summed E-state index contributed by atoms with van der Waals surface area (Å²) in [7, 11) is 2.96. The van der Waals surface area contributed by atoms with Gasteiger partial charge < -0.3 is 24.3 Å². The second-order valence-electron chi connectivity index (χ2n) is 5.21. The van der Waals surface area contributed by atoms with E-state index in [0.717, 1.165) is 19.4 Å². The van der Waals surface area contributed by atoms with Crippen molar-refractivity contribution in [3.05, 3.63) is 22.2 Å². The fourth-order valence-corrected chi connectivity index (χ4v) is 2.84. The summed E-state index contributed by atoms with van der Waals surface area (Å²) in [5.74, 6) is -0.130. The van der Waals surface area contributed by atoms with Crippen LogP contribution in [0.2, 0.25) is 0 Å². The van der Waals surface area contributed by atoms with Gasteiger partial charge in [0, 0.05) is 13.2 Å². The van der Waals surface area contributed by atoms with Gasteiger partial charge in [0.25, 0.3) is 5.91 Å². The number of hydrogen-bond donors (Lipinski definition) is 1. The van der Waals surface area contributed by atoms with Gasteiger partial charge in [0.15, 0.2) is 6.61 Å². The number of carbonyl (C=O) groups excluding carboxylic acids is 2. The molecule has 1 aromatic rings. The summed E-state index contributed by atoms with van der Waals surface area (Å²) >= 11 is 3.32. The summed E-state index contributed by atoms with van der Waals surface area (Å²) in [6.45, 7) is 0.797. The number of esters is 1. The van der Waals surface area contributed by atoms with Crippen molar-refractivity contribution in [3.8, 4) is 11.5 Å². The zero-order valence-corrected chi connectivity index (χ0v) is 15.2. The molecule has 0 aromatic heterocycles. The molecule has 0 saturated carbocycles. The van der Waals surface area contributed by atoms with Crippen molar-refractivity contribution in [1.29, 1.82) is 0 Å². The summed E-state index contributed by atoms with van der Waals surface area (Å²) in [6.07, 6.45) is 1.98. The number of carbonyl (C=O) groups is 2. The Morgan fingerprint density at radius 2 is 1.96 bits per heavy atom. The number of halogens is 1. The highest BCUT2D eigenvalue weighted by molar-refractivity contribution is 9.10. The molecule has 1 saturated heterocycles. The third kappa shape index (κ3) is 4.85. The highest BCUT2D eigenvalue weighted by Gasteiger charge is 2.18. The minimum Gasteiger partial charge on any atom is -0.495 e. The molecule has 1 aliphatic rings. The minimum absolute atomic E-state index is 0.0460. The Bertz CT molecular complexity index is 575. The number of methoxy groups -OCH3 is 2. The highest BCUT2D eigenvalue weighted by atomic mass is 79.9. The maximum absolute atomic E-state index is 12.1. The molecule has 0 radical (unpaired) electrons. The van der Waals surface area contributed by atoms with Gasteiger partial charge in [-0.3, -0.25) is 4.79 Å². The molecule has 132 valence electrons. The number of hydrogen-bond acceptors (Lipinski definition) is 6. The Labute approximate surface area is 148 Å². The van der Waals surface area contributed by atoms with Gasteiger partial charge in [0.2, 0.25) is 0 Å². The fraction of sp³-hybridized carbons (Fsp3) is 0.500. The maximum atomic E-state index is 12.1. The van der Waals surface area contributed by atoms with Crippen LogP contribution in [0.25, 0.3) is 0 Å². The molecule has 0 aliphatic carbocycles. The lowest BCUT2D eigenvalue weighted by molar-refractivity contribution is -0.124. The van der Waals surface area contributed by atoms with Crippen LogP contribution >= 0.6 is 15.9 Å². The van der Waals surface area contributed by atoms with Crippen LogP contribution in [0.15, 0.2) is 16.6 Å². The van der Waals surface area contributed by atoms with Gasteiger partial charge in [-0.2, -0.15) is 0 Å². The molecule has 8 heteroatoms. The number of rotatable bonds is 7. The van der Waals surface area contributed by atoms with Crippen molar-refractivity contribution in [2.45, 2.75) is 18.9 Å². The van der Waals surface area contributed by atoms with Crippen LogP contribution in [0, 0.1) is 0 Å². The van der Waals surface area contributed by atoms with E-state index in [1.807, 2.05) is 0 Å². The number of benzene rings is 1. The molecule has 2 rings (SSSR count). The number of amides is 1. The van der Waals surface area contributed by atoms with Crippen molar-refractivity contribution in [1.82, 2.24) is 5.32 Å². The first-order valence-electron chi connectivity index (χ1n) is 7.52. The van der Waals surface area contributed by atoms with E-state index >= 15 is 0 Å². The third-order valence-electron chi connectivity index (χ3n) is 3.57. The van der Waals surface area contributed by atoms with E-state index in [2.05, 4.69) is 21.2 Å². The van der Waals surface area contributed by atoms with Crippen LogP contribution in [0.4, 0.5) is 0 Å². The van der Waals surface area contributed by atoms with Crippen molar-refractivity contribution in [2.24, 2.45) is 0 Å². The summed E-state index contributed by atoms with van der Waals surface area (Å²) < 4.78 is 21.4. The van der Waals surface area contributed by atoms with Crippen LogP contribution < -0.4 is 14.8 Å². The third-order valence-corrected chi connectivity index (χ3v) is 4.35. The molecule has 24 heavy (non-hydrogen) atoms. The van der Waals surface area contributed by atoms with Crippen molar-refractivity contribution < 1.29 is 28.5 Å². The Balaban J connectivity index is 1.88. The van der Waals surface area contributed by atoms with Crippen molar-refractivity contribution in [3.63, 3.8) is 0 Å². The predicted molar refractivity (Wildman–Crippen MR) is 89.5 cm³/mol.